The minimum absolute atomic E-state index is 0.0788. The van der Waals surface area contributed by atoms with E-state index in [1.54, 1.807) is 0 Å². The third-order valence-electron chi connectivity index (χ3n) is 4.66. The van der Waals surface area contributed by atoms with Gasteiger partial charge in [0.1, 0.15) is 9.84 Å². The molecule has 6 nitrogen and oxygen atoms in total. The summed E-state index contributed by atoms with van der Waals surface area (Å²) in [6.07, 6.45) is 8.16. The van der Waals surface area contributed by atoms with Crippen molar-refractivity contribution in [1.29, 1.82) is 0 Å². The summed E-state index contributed by atoms with van der Waals surface area (Å²) >= 11 is 0. The Balaban J connectivity index is 2.57. The first-order valence-corrected chi connectivity index (χ1v) is 11.9. The van der Waals surface area contributed by atoms with Gasteiger partial charge in [-0.25, -0.2) is 8.42 Å². The molecule has 1 fully saturated rings. The summed E-state index contributed by atoms with van der Waals surface area (Å²) in [5.41, 5.74) is 0. The topological polar surface area (TPSA) is 73.8 Å². The van der Waals surface area contributed by atoms with Crippen molar-refractivity contribution in [1.82, 2.24) is 15.5 Å². The van der Waals surface area contributed by atoms with E-state index in [0.717, 1.165) is 19.0 Å². The third-order valence-corrected chi connectivity index (χ3v) is 5.63. The van der Waals surface area contributed by atoms with Crippen LogP contribution in [0.3, 0.4) is 0 Å². The standard InChI is InChI=1S/C18H38N4O2S/c1-5-7-12-22-13-9-8-10-17(22)15-20-18(19-6-2)21-16(3)11-14-25(4,23)24/h16-17H,5-15H2,1-4H3,(H2,19,20,21). The number of nitrogens with zero attached hydrogens (tertiary/aromatic N) is 2. The number of likely N-dealkylation sites (tertiary alicyclic amines) is 1. The number of aliphatic imine (C=N–C) groups is 1. The molecule has 0 aromatic heterocycles. The van der Waals surface area contributed by atoms with Gasteiger partial charge in [-0.2, -0.15) is 0 Å². The highest BCUT2D eigenvalue weighted by atomic mass is 32.2. The van der Waals surface area contributed by atoms with Crippen LogP contribution in [0.4, 0.5) is 0 Å². The first kappa shape index (κ1) is 22.2. The molecule has 1 heterocycles. The normalized spacial score (nSPS) is 21.1. The fourth-order valence-corrected chi connectivity index (χ4v) is 3.92. The molecule has 2 N–H and O–H groups in total. The fourth-order valence-electron chi connectivity index (χ4n) is 3.14. The first-order valence-electron chi connectivity index (χ1n) is 9.82. The quantitative estimate of drug-likeness (QED) is 0.452. The number of rotatable bonds is 10. The van der Waals surface area contributed by atoms with E-state index in [1.165, 1.54) is 51.4 Å². The molecule has 0 bridgehead atoms. The van der Waals surface area contributed by atoms with Gasteiger partial charge in [-0.3, -0.25) is 9.89 Å². The summed E-state index contributed by atoms with van der Waals surface area (Å²) in [6.45, 7) is 10.3. The maximum absolute atomic E-state index is 11.3. The molecule has 148 valence electrons. The van der Waals surface area contributed by atoms with E-state index in [4.69, 9.17) is 4.99 Å². The Kier molecular flexibility index (Phi) is 10.4. The summed E-state index contributed by atoms with van der Waals surface area (Å²) in [5, 5.41) is 6.62. The summed E-state index contributed by atoms with van der Waals surface area (Å²) in [6, 6.07) is 0.608. The predicted octanol–water partition coefficient (Wildman–Crippen LogP) is 2.02. The fraction of sp³-hybridized carbons (Fsp3) is 0.944. The Morgan fingerprint density at radius 3 is 2.72 bits per heavy atom. The van der Waals surface area contributed by atoms with Gasteiger partial charge in [-0.05, 0) is 52.6 Å². The zero-order valence-electron chi connectivity index (χ0n) is 16.6. The average Bonchev–Trinajstić information content (AvgIpc) is 2.56. The van der Waals surface area contributed by atoms with Gasteiger partial charge >= 0.3 is 0 Å². The van der Waals surface area contributed by atoms with Crippen LogP contribution in [0.25, 0.3) is 0 Å². The monoisotopic (exact) mass is 374 g/mol. The number of unbranched alkanes of at least 4 members (excludes halogenated alkanes) is 1. The van der Waals surface area contributed by atoms with Crippen molar-refractivity contribution in [2.75, 3.05) is 38.2 Å². The van der Waals surface area contributed by atoms with Gasteiger partial charge in [0, 0.05) is 24.9 Å². The lowest BCUT2D eigenvalue weighted by Crippen LogP contribution is -2.45. The van der Waals surface area contributed by atoms with Crippen molar-refractivity contribution < 1.29 is 8.42 Å². The molecule has 1 aliphatic rings. The van der Waals surface area contributed by atoms with E-state index in [0.29, 0.717) is 12.5 Å². The lowest BCUT2D eigenvalue weighted by molar-refractivity contribution is 0.151. The molecular formula is C18H38N4O2S. The molecule has 2 atom stereocenters. The van der Waals surface area contributed by atoms with Crippen LogP contribution in [0.15, 0.2) is 4.99 Å². The molecule has 0 radical (unpaired) electrons. The molecule has 2 unspecified atom stereocenters. The van der Waals surface area contributed by atoms with Crippen LogP contribution < -0.4 is 10.6 Å². The van der Waals surface area contributed by atoms with Gasteiger partial charge in [0.15, 0.2) is 5.96 Å². The number of hydrogen-bond donors (Lipinski definition) is 2. The second-order valence-corrected chi connectivity index (χ2v) is 9.48. The average molecular weight is 375 g/mol. The van der Waals surface area contributed by atoms with Crippen LogP contribution in [-0.2, 0) is 9.84 Å². The molecule has 1 aliphatic heterocycles. The Hall–Kier alpha value is -0.820. The highest BCUT2D eigenvalue weighted by Crippen LogP contribution is 2.17. The Labute approximate surface area is 154 Å². The van der Waals surface area contributed by atoms with Crippen LogP contribution >= 0.6 is 0 Å². The summed E-state index contributed by atoms with van der Waals surface area (Å²) in [5.74, 6) is 0.998. The molecule has 0 spiro atoms. The van der Waals surface area contributed by atoms with Crippen molar-refractivity contribution in [3.05, 3.63) is 0 Å². The minimum Gasteiger partial charge on any atom is -0.357 e. The molecule has 7 heteroatoms. The largest absolute Gasteiger partial charge is 0.357 e. The molecule has 0 aromatic rings. The highest BCUT2D eigenvalue weighted by Gasteiger charge is 2.21. The molecule has 0 aromatic carbocycles. The van der Waals surface area contributed by atoms with E-state index in [1.807, 2.05) is 13.8 Å². The number of nitrogens with one attached hydrogen (secondary N) is 2. The van der Waals surface area contributed by atoms with Gasteiger partial charge in [0.25, 0.3) is 0 Å². The van der Waals surface area contributed by atoms with Gasteiger partial charge in [-0.15, -0.1) is 0 Å². The Bertz CT molecular complexity index is 493. The third kappa shape index (κ3) is 10.0. The summed E-state index contributed by atoms with van der Waals surface area (Å²) in [7, 11) is -2.92. The maximum Gasteiger partial charge on any atom is 0.191 e. The molecular weight excluding hydrogens is 336 g/mol. The van der Waals surface area contributed by atoms with E-state index in [9.17, 15) is 8.42 Å². The first-order chi connectivity index (χ1) is 11.9. The van der Waals surface area contributed by atoms with E-state index < -0.39 is 9.84 Å². The van der Waals surface area contributed by atoms with E-state index in [2.05, 4.69) is 22.5 Å². The zero-order valence-corrected chi connectivity index (χ0v) is 17.4. The van der Waals surface area contributed by atoms with Crippen LogP contribution in [0.2, 0.25) is 0 Å². The molecule has 0 amide bonds. The van der Waals surface area contributed by atoms with Crippen molar-refractivity contribution >= 4 is 15.8 Å². The SMILES string of the molecule is CCCCN1CCCCC1CN=C(NCC)NC(C)CCS(C)(=O)=O. The predicted molar refractivity (Wildman–Crippen MR) is 107 cm³/mol. The molecule has 1 saturated heterocycles. The highest BCUT2D eigenvalue weighted by molar-refractivity contribution is 7.90. The summed E-state index contributed by atoms with van der Waals surface area (Å²) in [4.78, 5) is 7.37. The smallest absolute Gasteiger partial charge is 0.191 e. The van der Waals surface area contributed by atoms with Crippen molar-refractivity contribution in [2.45, 2.75) is 71.4 Å². The summed E-state index contributed by atoms with van der Waals surface area (Å²) < 4.78 is 22.6. The van der Waals surface area contributed by atoms with E-state index in [-0.39, 0.29) is 11.8 Å². The van der Waals surface area contributed by atoms with E-state index >= 15 is 0 Å². The Morgan fingerprint density at radius 1 is 1.32 bits per heavy atom. The molecule has 0 saturated carbocycles. The van der Waals surface area contributed by atoms with Crippen LogP contribution in [-0.4, -0.2) is 69.5 Å². The number of hydrogen-bond acceptors (Lipinski definition) is 4. The van der Waals surface area contributed by atoms with Crippen LogP contribution in [0, 0.1) is 0 Å². The minimum atomic E-state index is -2.92. The number of guanidine groups is 1. The molecule has 1 rings (SSSR count). The van der Waals surface area contributed by atoms with Gasteiger partial charge in [0.2, 0.25) is 0 Å². The molecule has 0 aliphatic carbocycles. The van der Waals surface area contributed by atoms with Gasteiger partial charge in [0.05, 0.1) is 12.3 Å². The van der Waals surface area contributed by atoms with Gasteiger partial charge < -0.3 is 10.6 Å². The van der Waals surface area contributed by atoms with Gasteiger partial charge in [-0.1, -0.05) is 19.8 Å². The molecule has 25 heavy (non-hydrogen) atoms. The van der Waals surface area contributed by atoms with Crippen molar-refractivity contribution in [2.24, 2.45) is 4.99 Å². The van der Waals surface area contributed by atoms with Crippen molar-refractivity contribution in [3.8, 4) is 0 Å². The number of piperidine rings is 1. The van der Waals surface area contributed by atoms with Crippen LogP contribution in [0.1, 0.15) is 59.3 Å². The number of sulfone groups is 1. The Morgan fingerprint density at radius 2 is 2.08 bits per heavy atom. The second kappa shape index (κ2) is 11.7. The van der Waals surface area contributed by atoms with Crippen LogP contribution in [0.5, 0.6) is 0 Å². The van der Waals surface area contributed by atoms with Crippen molar-refractivity contribution in [3.63, 3.8) is 0 Å². The lowest BCUT2D eigenvalue weighted by Gasteiger charge is -2.35. The second-order valence-electron chi connectivity index (χ2n) is 7.22. The lowest BCUT2D eigenvalue weighted by atomic mass is 10.0. The maximum atomic E-state index is 11.3. The zero-order chi connectivity index (χ0) is 18.7.